The Hall–Kier alpha value is -3.34. The van der Waals surface area contributed by atoms with Gasteiger partial charge >= 0.3 is 17.9 Å². The standard InChI is InChI=1S/C23H25F2N3O6/c1-5-32-21(31)23(24,25)20-26-16-13-8-6-7-9-15(13)33-17(16)18(27-20)28-11-12(29)10-14(28)19(30)34-22(2,3)4/h6-9,12,14,29H,5,10-11H2,1-4H3/t12-,14-/m0/s1. The Balaban J connectivity index is 1.91. The summed E-state index contributed by atoms with van der Waals surface area (Å²) in [6.45, 7) is 6.15. The Labute approximate surface area is 193 Å². The first-order valence-electron chi connectivity index (χ1n) is 10.8. The number of aliphatic hydroxyl groups excluding tert-OH is 1. The summed E-state index contributed by atoms with van der Waals surface area (Å²) < 4.78 is 45.9. The van der Waals surface area contributed by atoms with Gasteiger partial charge in [0.15, 0.2) is 11.4 Å². The predicted octanol–water partition coefficient (Wildman–Crippen LogP) is 3.31. The number of alkyl halides is 2. The van der Waals surface area contributed by atoms with E-state index in [0.717, 1.165) is 0 Å². The zero-order chi connectivity index (χ0) is 24.8. The lowest BCUT2D eigenvalue weighted by atomic mass is 10.1. The molecule has 0 radical (unpaired) electrons. The van der Waals surface area contributed by atoms with Gasteiger partial charge in [0, 0.05) is 18.4 Å². The normalized spacial score (nSPS) is 19.1. The Morgan fingerprint density at radius 3 is 2.62 bits per heavy atom. The molecule has 0 saturated carbocycles. The number of benzene rings is 1. The molecule has 34 heavy (non-hydrogen) atoms. The molecule has 11 heteroatoms. The van der Waals surface area contributed by atoms with Crippen LogP contribution in [-0.4, -0.2) is 57.9 Å². The van der Waals surface area contributed by atoms with Gasteiger partial charge in [-0.05, 0) is 39.8 Å². The molecule has 0 spiro atoms. The van der Waals surface area contributed by atoms with Gasteiger partial charge in [0.25, 0.3) is 0 Å². The fourth-order valence-electron chi connectivity index (χ4n) is 3.87. The summed E-state index contributed by atoms with van der Waals surface area (Å²) in [5, 5.41) is 10.8. The number of carbonyl (C=O) groups excluding carboxylic acids is 2. The molecule has 2 aromatic heterocycles. The lowest BCUT2D eigenvalue weighted by Gasteiger charge is -2.28. The van der Waals surface area contributed by atoms with Crippen LogP contribution in [-0.2, 0) is 25.0 Å². The van der Waals surface area contributed by atoms with Crippen LogP contribution >= 0.6 is 0 Å². The third kappa shape index (κ3) is 4.27. The van der Waals surface area contributed by atoms with E-state index >= 15 is 8.78 Å². The van der Waals surface area contributed by atoms with Crippen molar-refractivity contribution in [1.29, 1.82) is 0 Å². The van der Waals surface area contributed by atoms with Crippen LogP contribution in [0.4, 0.5) is 14.6 Å². The summed E-state index contributed by atoms with van der Waals surface area (Å²) in [7, 11) is 0. The monoisotopic (exact) mass is 477 g/mol. The third-order valence-corrected chi connectivity index (χ3v) is 5.24. The molecule has 0 amide bonds. The van der Waals surface area contributed by atoms with Crippen molar-refractivity contribution in [2.24, 2.45) is 0 Å². The van der Waals surface area contributed by atoms with Gasteiger partial charge in [0.2, 0.25) is 5.82 Å². The van der Waals surface area contributed by atoms with Crippen molar-refractivity contribution in [1.82, 2.24) is 9.97 Å². The zero-order valence-electron chi connectivity index (χ0n) is 19.2. The van der Waals surface area contributed by atoms with Gasteiger partial charge < -0.3 is 23.9 Å². The van der Waals surface area contributed by atoms with Gasteiger partial charge in [-0.2, -0.15) is 8.78 Å². The van der Waals surface area contributed by atoms with Crippen LogP contribution < -0.4 is 4.90 Å². The second-order valence-corrected chi connectivity index (χ2v) is 9.03. The SMILES string of the molecule is CCOC(=O)C(F)(F)c1nc(N2C[C@@H](O)C[C@H]2C(=O)OC(C)(C)C)c2oc3ccccc3c2n1. The summed E-state index contributed by atoms with van der Waals surface area (Å²) in [6.07, 6.45) is -0.939. The number of halogens is 2. The first-order chi connectivity index (χ1) is 15.9. The Bertz CT molecular complexity index is 1250. The largest absolute Gasteiger partial charge is 0.461 e. The van der Waals surface area contributed by atoms with Gasteiger partial charge in [0.05, 0.1) is 12.7 Å². The molecule has 4 rings (SSSR count). The van der Waals surface area contributed by atoms with E-state index in [9.17, 15) is 14.7 Å². The number of para-hydroxylation sites is 1. The van der Waals surface area contributed by atoms with E-state index in [1.807, 2.05) is 0 Å². The van der Waals surface area contributed by atoms with E-state index in [4.69, 9.17) is 9.15 Å². The lowest BCUT2D eigenvalue weighted by Crippen LogP contribution is -2.41. The topological polar surface area (TPSA) is 115 Å². The highest BCUT2D eigenvalue weighted by molar-refractivity contribution is 6.06. The molecule has 1 aromatic carbocycles. The minimum absolute atomic E-state index is 0.00421. The smallest absolute Gasteiger partial charge is 0.401 e. The maximum atomic E-state index is 15.0. The van der Waals surface area contributed by atoms with Crippen molar-refractivity contribution in [3.05, 3.63) is 30.1 Å². The molecule has 3 aromatic rings. The van der Waals surface area contributed by atoms with Gasteiger partial charge in [-0.1, -0.05) is 12.1 Å². The number of ether oxygens (including phenoxy) is 2. The zero-order valence-corrected chi connectivity index (χ0v) is 19.2. The summed E-state index contributed by atoms with van der Waals surface area (Å²) in [5.74, 6) is -7.84. The maximum Gasteiger partial charge on any atom is 0.401 e. The summed E-state index contributed by atoms with van der Waals surface area (Å²) >= 11 is 0. The maximum absolute atomic E-state index is 15.0. The fraction of sp³-hybridized carbons (Fsp3) is 0.478. The van der Waals surface area contributed by atoms with Crippen molar-refractivity contribution in [2.75, 3.05) is 18.1 Å². The summed E-state index contributed by atoms with van der Waals surface area (Å²) in [5.41, 5.74) is -0.354. The van der Waals surface area contributed by atoms with Gasteiger partial charge in [0.1, 0.15) is 22.7 Å². The number of β-amino-alcohol motifs (C(OH)–C–C–N with tert-alkyl or cyclic N) is 1. The van der Waals surface area contributed by atoms with E-state index in [1.54, 1.807) is 45.0 Å². The number of aromatic nitrogens is 2. The molecule has 1 fully saturated rings. The molecule has 0 bridgehead atoms. The van der Waals surface area contributed by atoms with Crippen molar-refractivity contribution < 1.29 is 37.4 Å². The number of aliphatic hydroxyl groups is 1. The molecule has 182 valence electrons. The number of furan rings is 1. The summed E-state index contributed by atoms with van der Waals surface area (Å²) in [4.78, 5) is 34.2. The number of rotatable bonds is 5. The second kappa shape index (κ2) is 8.46. The first kappa shape index (κ1) is 23.8. The number of anilines is 1. The third-order valence-electron chi connectivity index (χ3n) is 5.24. The molecule has 1 aliphatic rings. The number of hydrogen-bond acceptors (Lipinski definition) is 9. The quantitative estimate of drug-likeness (QED) is 0.553. The second-order valence-electron chi connectivity index (χ2n) is 9.03. The van der Waals surface area contributed by atoms with E-state index in [-0.39, 0.29) is 36.5 Å². The molecule has 1 aliphatic heterocycles. The highest BCUT2D eigenvalue weighted by atomic mass is 19.3. The van der Waals surface area contributed by atoms with E-state index < -0.39 is 41.4 Å². The molecule has 0 unspecified atom stereocenters. The number of hydrogen-bond donors (Lipinski definition) is 1. The summed E-state index contributed by atoms with van der Waals surface area (Å²) in [6, 6.07) is 5.65. The molecule has 2 atom stereocenters. The molecule has 3 heterocycles. The lowest BCUT2D eigenvalue weighted by molar-refractivity contribution is -0.174. The van der Waals surface area contributed by atoms with Crippen LogP contribution in [0.5, 0.6) is 0 Å². The minimum Gasteiger partial charge on any atom is -0.461 e. The molecule has 0 aliphatic carbocycles. The predicted molar refractivity (Wildman–Crippen MR) is 117 cm³/mol. The van der Waals surface area contributed by atoms with E-state index in [2.05, 4.69) is 14.7 Å². The van der Waals surface area contributed by atoms with Crippen LogP contribution in [0.3, 0.4) is 0 Å². The molecule has 1 saturated heterocycles. The fourth-order valence-corrected chi connectivity index (χ4v) is 3.87. The van der Waals surface area contributed by atoms with Crippen LogP contribution in [0.1, 0.15) is 39.9 Å². The highest BCUT2D eigenvalue weighted by Crippen LogP contribution is 2.39. The van der Waals surface area contributed by atoms with Crippen LogP contribution in [0.2, 0.25) is 0 Å². The molecule has 9 nitrogen and oxygen atoms in total. The number of nitrogens with zero attached hydrogens (tertiary/aromatic N) is 3. The Morgan fingerprint density at radius 2 is 1.94 bits per heavy atom. The van der Waals surface area contributed by atoms with E-state index in [0.29, 0.717) is 11.0 Å². The Morgan fingerprint density at radius 1 is 1.24 bits per heavy atom. The van der Waals surface area contributed by atoms with E-state index in [1.165, 1.54) is 11.8 Å². The van der Waals surface area contributed by atoms with Crippen molar-refractivity contribution in [3.63, 3.8) is 0 Å². The molecule has 1 N–H and O–H groups in total. The van der Waals surface area contributed by atoms with Crippen LogP contribution in [0, 0.1) is 0 Å². The van der Waals surface area contributed by atoms with Crippen LogP contribution in [0.15, 0.2) is 28.7 Å². The average Bonchev–Trinajstić information content (AvgIpc) is 3.32. The average molecular weight is 477 g/mol. The molecular weight excluding hydrogens is 452 g/mol. The van der Waals surface area contributed by atoms with Crippen molar-refractivity contribution in [3.8, 4) is 0 Å². The Kier molecular flexibility index (Phi) is 5.92. The first-order valence-corrected chi connectivity index (χ1v) is 10.8. The highest BCUT2D eigenvalue weighted by Gasteiger charge is 2.48. The number of fused-ring (bicyclic) bond motifs is 3. The molecular formula is C23H25F2N3O6. The minimum atomic E-state index is -4.16. The van der Waals surface area contributed by atoms with Gasteiger partial charge in [-0.25, -0.2) is 19.6 Å². The number of carbonyl (C=O) groups is 2. The van der Waals surface area contributed by atoms with Crippen molar-refractivity contribution in [2.45, 2.75) is 57.8 Å². The van der Waals surface area contributed by atoms with Crippen molar-refractivity contribution >= 4 is 39.8 Å². The number of esters is 2. The van der Waals surface area contributed by atoms with Gasteiger partial charge in [-0.3, -0.25) is 0 Å². The van der Waals surface area contributed by atoms with Crippen LogP contribution in [0.25, 0.3) is 22.1 Å². The van der Waals surface area contributed by atoms with Gasteiger partial charge in [-0.15, -0.1) is 0 Å².